The van der Waals surface area contributed by atoms with Crippen LogP contribution < -0.4 is 5.32 Å². The largest absolute Gasteiger partial charge is 0.373 e. The zero-order chi connectivity index (χ0) is 16.2. The van der Waals surface area contributed by atoms with Crippen molar-refractivity contribution in [3.63, 3.8) is 0 Å². The van der Waals surface area contributed by atoms with Crippen LogP contribution in [0.4, 0.5) is 14.5 Å². The summed E-state index contributed by atoms with van der Waals surface area (Å²) in [5.74, 6) is -1.29. The molecule has 0 spiro atoms. The highest BCUT2D eigenvalue weighted by atomic mass is 32.1. The second kappa shape index (κ2) is 6.85. The molecular weight excluding hydrogens is 318 g/mol. The minimum absolute atomic E-state index is 0.0482. The molecule has 118 valence electrons. The molecule has 0 radical (unpaired) electrons. The molecule has 1 atom stereocenters. The lowest BCUT2D eigenvalue weighted by atomic mass is 10.1. The van der Waals surface area contributed by atoms with Crippen LogP contribution in [0.5, 0.6) is 0 Å². The van der Waals surface area contributed by atoms with Crippen LogP contribution in [0.2, 0.25) is 0 Å². The number of hydrogen-bond acceptors (Lipinski definition) is 4. The Labute approximate surface area is 136 Å². The number of aromatic nitrogens is 1. The van der Waals surface area contributed by atoms with E-state index in [0.29, 0.717) is 0 Å². The lowest BCUT2D eigenvalue weighted by Gasteiger charge is -2.13. The molecule has 1 aromatic carbocycles. The van der Waals surface area contributed by atoms with Gasteiger partial charge >= 0.3 is 0 Å². The molecule has 3 rings (SSSR count). The molecule has 3 nitrogen and oxygen atoms in total. The topological polar surface area (TPSA) is 45.1 Å². The smallest absolute Gasteiger partial charge is 0.129 e. The van der Waals surface area contributed by atoms with E-state index in [4.69, 9.17) is 0 Å². The Balaban J connectivity index is 1.66. The van der Waals surface area contributed by atoms with Gasteiger partial charge in [0.25, 0.3) is 0 Å². The predicted octanol–water partition coefficient (Wildman–Crippen LogP) is 4.06. The number of rotatable bonds is 5. The molecule has 0 aliphatic heterocycles. The van der Waals surface area contributed by atoms with Gasteiger partial charge in [-0.2, -0.15) is 0 Å². The lowest BCUT2D eigenvalue weighted by molar-refractivity contribution is 0.202. The number of pyridine rings is 1. The summed E-state index contributed by atoms with van der Waals surface area (Å²) < 4.78 is 26.5. The Kier molecular flexibility index (Phi) is 4.64. The van der Waals surface area contributed by atoms with E-state index in [9.17, 15) is 13.9 Å². The highest BCUT2D eigenvalue weighted by Crippen LogP contribution is 2.29. The normalized spacial score (nSPS) is 12.1. The number of hydrogen-bond donors (Lipinski definition) is 2. The Morgan fingerprint density at radius 3 is 2.65 bits per heavy atom. The van der Waals surface area contributed by atoms with Gasteiger partial charge in [-0.25, -0.2) is 8.78 Å². The van der Waals surface area contributed by atoms with Gasteiger partial charge in [-0.15, -0.1) is 11.3 Å². The summed E-state index contributed by atoms with van der Waals surface area (Å²) in [6.07, 6.45) is 2.52. The van der Waals surface area contributed by atoms with E-state index < -0.39 is 17.9 Å². The first-order valence-corrected chi connectivity index (χ1v) is 7.87. The molecule has 0 saturated carbocycles. The number of halogens is 2. The molecule has 0 aliphatic carbocycles. The van der Waals surface area contributed by atoms with Crippen LogP contribution in [0.15, 0.2) is 54.2 Å². The molecule has 1 unspecified atom stereocenters. The number of nitrogens with zero attached hydrogens (tertiary/aromatic N) is 1. The molecule has 2 heterocycles. The van der Waals surface area contributed by atoms with Gasteiger partial charge in [0.1, 0.15) is 17.9 Å². The summed E-state index contributed by atoms with van der Waals surface area (Å²) in [7, 11) is 0. The monoisotopic (exact) mass is 332 g/mol. The van der Waals surface area contributed by atoms with Gasteiger partial charge in [0.2, 0.25) is 0 Å². The molecule has 0 fully saturated rings. The van der Waals surface area contributed by atoms with Crippen LogP contribution in [0, 0.1) is 11.6 Å². The molecule has 0 amide bonds. The van der Waals surface area contributed by atoms with Crippen LogP contribution in [-0.2, 0) is 6.42 Å². The Hall–Kier alpha value is -2.31. The average Bonchev–Trinajstić information content (AvgIpc) is 2.99. The maximum atomic E-state index is 13.6. The van der Waals surface area contributed by atoms with Gasteiger partial charge in [0.05, 0.1) is 0 Å². The third-order valence-corrected chi connectivity index (χ3v) is 4.31. The molecule has 23 heavy (non-hydrogen) atoms. The second-order valence-corrected chi connectivity index (χ2v) is 5.95. The fraction of sp³-hybridized carbons (Fsp3) is 0.118. The number of nitrogens with one attached hydrogen (secondary N) is 1. The SMILES string of the molecule is OC(Cc1ccc(F)cc1F)Nc1csc(-c2ccncc2)c1. The summed E-state index contributed by atoms with van der Waals surface area (Å²) in [6, 6.07) is 9.04. The third kappa shape index (κ3) is 3.91. The van der Waals surface area contributed by atoms with Crippen molar-refractivity contribution < 1.29 is 13.9 Å². The van der Waals surface area contributed by atoms with Crippen LogP contribution >= 0.6 is 11.3 Å². The zero-order valence-electron chi connectivity index (χ0n) is 12.0. The number of aliphatic hydroxyl groups is 1. The molecular formula is C17H14F2N2OS. The fourth-order valence-corrected chi connectivity index (χ4v) is 3.08. The van der Waals surface area contributed by atoms with E-state index in [1.807, 2.05) is 23.6 Å². The number of aliphatic hydroxyl groups excluding tert-OH is 1. The van der Waals surface area contributed by atoms with E-state index in [2.05, 4.69) is 10.3 Å². The van der Waals surface area contributed by atoms with Crippen LogP contribution in [0.3, 0.4) is 0 Å². The van der Waals surface area contributed by atoms with Crippen molar-refractivity contribution in [1.29, 1.82) is 0 Å². The second-order valence-electron chi connectivity index (χ2n) is 5.04. The van der Waals surface area contributed by atoms with E-state index >= 15 is 0 Å². The van der Waals surface area contributed by atoms with Crippen molar-refractivity contribution in [3.05, 3.63) is 71.4 Å². The minimum atomic E-state index is -0.963. The molecule has 3 aromatic rings. The zero-order valence-corrected chi connectivity index (χ0v) is 12.9. The molecule has 2 aromatic heterocycles. The summed E-state index contributed by atoms with van der Waals surface area (Å²) in [6.45, 7) is 0. The standard InChI is InChI=1S/C17H14F2N2OS/c18-13-2-1-12(15(19)8-13)7-17(22)21-14-9-16(23-10-14)11-3-5-20-6-4-11/h1-6,8-10,17,21-22H,7H2. The lowest BCUT2D eigenvalue weighted by Crippen LogP contribution is -2.21. The van der Waals surface area contributed by atoms with Gasteiger partial charge in [0, 0.05) is 40.8 Å². The van der Waals surface area contributed by atoms with Gasteiger partial charge in [-0.05, 0) is 35.4 Å². The first-order valence-electron chi connectivity index (χ1n) is 6.99. The van der Waals surface area contributed by atoms with Crippen molar-refractivity contribution >= 4 is 17.0 Å². The third-order valence-electron chi connectivity index (χ3n) is 3.33. The maximum absolute atomic E-state index is 13.6. The van der Waals surface area contributed by atoms with Crippen molar-refractivity contribution in [2.24, 2.45) is 0 Å². The Bertz CT molecular complexity index is 792. The van der Waals surface area contributed by atoms with Gasteiger partial charge < -0.3 is 10.4 Å². The van der Waals surface area contributed by atoms with Crippen molar-refractivity contribution in [2.75, 3.05) is 5.32 Å². The van der Waals surface area contributed by atoms with Gasteiger partial charge in [0.15, 0.2) is 0 Å². The summed E-state index contributed by atoms with van der Waals surface area (Å²) in [5, 5.41) is 14.8. The van der Waals surface area contributed by atoms with Crippen molar-refractivity contribution in [3.8, 4) is 10.4 Å². The molecule has 0 saturated heterocycles. The van der Waals surface area contributed by atoms with Crippen LogP contribution in [-0.4, -0.2) is 16.3 Å². The summed E-state index contributed by atoms with van der Waals surface area (Å²) >= 11 is 1.53. The Morgan fingerprint density at radius 1 is 1.13 bits per heavy atom. The number of anilines is 1. The highest BCUT2D eigenvalue weighted by Gasteiger charge is 2.11. The number of benzene rings is 1. The van der Waals surface area contributed by atoms with E-state index in [-0.39, 0.29) is 12.0 Å². The first-order chi connectivity index (χ1) is 11.1. The number of thiophene rings is 1. The van der Waals surface area contributed by atoms with E-state index in [1.54, 1.807) is 12.4 Å². The molecule has 6 heteroatoms. The highest BCUT2D eigenvalue weighted by molar-refractivity contribution is 7.14. The predicted molar refractivity (Wildman–Crippen MR) is 87.2 cm³/mol. The Morgan fingerprint density at radius 2 is 1.91 bits per heavy atom. The molecule has 2 N–H and O–H groups in total. The van der Waals surface area contributed by atoms with Gasteiger partial charge in [-0.3, -0.25) is 4.98 Å². The fourth-order valence-electron chi connectivity index (χ4n) is 2.22. The van der Waals surface area contributed by atoms with Crippen LogP contribution in [0.25, 0.3) is 10.4 Å². The first kappa shape index (κ1) is 15.6. The van der Waals surface area contributed by atoms with Crippen molar-refractivity contribution in [2.45, 2.75) is 12.6 Å². The summed E-state index contributed by atoms with van der Waals surface area (Å²) in [4.78, 5) is 5.01. The van der Waals surface area contributed by atoms with E-state index in [1.165, 1.54) is 23.5 Å². The van der Waals surface area contributed by atoms with Gasteiger partial charge in [-0.1, -0.05) is 6.07 Å². The van der Waals surface area contributed by atoms with Crippen LogP contribution in [0.1, 0.15) is 5.56 Å². The average molecular weight is 332 g/mol. The molecule has 0 aliphatic rings. The van der Waals surface area contributed by atoms with E-state index in [0.717, 1.165) is 22.2 Å². The summed E-state index contributed by atoms with van der Waals surface area (Å²) in [5.41, 5.74) is 2.05. The molecule has 0 bridgehead atoms. The quantitative estimate of drug-likeness (QED) is 0.693. The minimum Gasteiger partial charge on any atom is -0.373 e. The maximum Gasteiger partial charge on any atom is 0.129 e. The van der Waals surface area contributed by atoms with Crippen molar-refractivity contribution in [1.82, 2.24) is 4.98 Å².